The van der Waals surface area contributed by atoms with Crippen molar-refractivity contribution in [1.82, 2.24) is 31.2 Å². The number of hydrogen-bond acceptors (Lipinski definition) is 7. The van der Waals surface area contributed by atoms with E-state index < -0.39 is 0 Å². The standard InChI is InChI=1S/C21H28Cl2N6O3/c22-15-7-13(9-24-18(15)23)10-32-20(31)28-5-3-21(4-6-28)11-29(12-21)19(30)14-1-2-16-17(8-14)26-27-25-16/h7,9,14,16-17,25-27H,1-6,8,10-12H2. The summed E-state index contributed by atoms with van der Waals surface area (Å²) in [5.74, 6) is 0.397. The molecular weight excluding hydrogens is 455 g/mol. The number of halogens is 2. The zero-order chi connectivity index (χ0) is 22.3. The van der Waals surface area contributed by atoms with E-state index >= 15 is 0 Å². The van der Waals surface area contributed by atoms with Gasteiger partial charge in [0.25, 0.3) is 0 Å². The molecule has 3 N–H and O–H groups in total. The number of ether oxygens (including phenoxy) is 1. The van der Waals surface area contributed by atoms with Gasteiger partial charge in [0, 0.05) is 61.4 Å². The lowest BCUT2D eigenvalue weighted by Gasteiger charge is -2.54. The van der Waals surface area contributed by atoms with Crippen molar-refractivity contribution < 1.29 is 14.3 Å². The highest BCUT2D eigenvalue weighted by Gasteiger charge is 2.49. The van der Waals surface area contributed by atoms with Gasteiger partial charge in [-0.25, -0.2) is 20.6 Å². The summed E-state index contributed by atoms with van der Waals surface area (Å²) >= 11 is 11.8. The molecule has 5 rings (SSSR count). The molecule has 32 heavy (non-hydrogen) atoms. The topological polar surface area (TPSA) is 98.8 Å². The van der Waals surface area contributed by atoms with Crippen molar-refractivity contribution >= 4 is 35.2 Å². The van der Waals surface area contributed by atoms with Gasteiger partial charge < -0.3 is 14.5 Å². The van der Waals surface area contributed by atoms with Crippen LogP contribution in [0.15, 0.2) is 12.3 Å². The number of carbonyl (C=O) groups is 2. The first-order valence-corrected chi connectivity index (χ1v) is 11.9. The summed E-state index contributed by atoms with van der Waals surface area (Å²) in [6.45, 7) is 3.01. The van der Waals surface area contributed by atoms with Crippen molar-refractivity contribution in [3.05, 3.63) is 28.0 Å². The molecule has 0 radical (unpaired) electrons. The average molecular weight is 483 g/mol. The molecule has 1 saturated carbocycles. The summed E-state index contributed by atoms with van der Waals surface area (Å²) in [5, 5.41) is 0.568. The third kappa shape index (κ3) is 4.41. The number of nitrogens with zero attached hydrogens (tertiary/aromatic N) is 3. The molecule has 4 heterocycles. The van der Waals surface area contributed by atoms with Crippen molar-refractivity contribution in [2.45, 2.75) is 50.8 Å². The molecule has 11 heteroatoms. The van der Waals surface area contributed by atoms with E-state index in [4.69, 9.17) is 27.9 Å². The van der Waals surface area contributed by atoms with E-state index in [9.17, 15) is 9.59 Å². The maximum Gasteiger partial charge on any atom is 0.410 e. The average Bonchev–Trinajstić information content (AvgIpc) is 3.25. The number of piperidine rings is 1. The minimum atomic E-state index is -0.332. The summed E-state index contributed by atoms with van der Waals surface area (Å²) < 4.78 is 5.42. The highest BCUT2D eigenvalue weighted by Crippen LogP contribution is 2.42. The van der Waals surface area contributed by atoms with Gasteiger partial charge in [0.2, 0.25) is 5.91 Å². The fourth-order valence-corrected chi connectivity index (χ4v) is 5.68. The Morgan fingerprint density at radius 3 is 2.62 bits per heavy atom. The van der Waals surface area contributed by atoms with Crippen molar-refractivity contribution in [1.29, 1.82) is 0 Å². The van der Waals surface area contributed by atoms with E-state index in [1.165, 1.54) is 0 Å². The molecule has 3 aliphatic heterocycles. The third-order valence-corrected chi connectivity index (χ3v) is 8.06. The molecule has 3 saturated heterocycles. The maximum absolute atomic E-state index is 13.0. The Kier molecular flexibility index (Phi) is 6.19. The fourth-order valence-electron chi connectivity index (χ4n) is 5.39. The smallest absolute Gasteiger partial charge is 0.410 e. The maximum atomic E-state index is 13.0. The van der Waals surface area contributed by atoms with Gasteiger partial charge in [0.05, 0.1) is 5.02 Å². The Morgan fingerprint density at radius 1 is 1.12 bits per heavy atom. The van der Waals surface area contributed by atoms with Crippen molar-refractivity contribution in [3.8, 4) is 0 Å². The normalized spacial score (nSPS) is 28.9. The zero-order valence-corrected chi connectivity index (χ0v) is 19.3. The molecule has 0 bridgehead atoms. The first-order valence-electron chi connectivity index (χ1n) is 11.2. The number of likely N-dealkylation sites (tertiary alicyclic amines) is 2. The van der Waals surface area contributed by atoms with Gasteiger partial charge in [0.1, 0.15) is 11.8 Å². The van der Waals surface area contributed by atoms with Gasteiger partial charge in [0.15, 0.2) is 0 Å². The number of nitrogens with one attached hydrogen (secondary N) is 3. The van der Waals surface area contributed by atoms with E-state index in [1.807, 2.05) is 4.90 Å². The van der Waals surface area contributed by atoms with E-state index in [0.29, 0.717) is 41.7 Å². The molecule has 4 aliphatic rings. The SMILES string of the molecule is O=C(OCc1cnc(Cl)c(Cl)c1)N1CCC2(CC1)CN(C(=O)C1CCC3NNNC3C1)C2. The van der Waals surface area contributed by atoms with Crippen LogP contribution in [0, 0.1) is 11.3 Å². The lowest BCUT2D eigenvalue weighted by molar-refractivity contribution is -0.152. The summed E-state index contributed by atoms with van der Waals surface area (Å²) in [6, 6.07) is 2.39. The second kappa shape index (κ2) is 8.95. The highest BCUT2D eigenvalue weighted by atomic mass is 35.5. The molecule has 1 spiro atoms. The van der Waals surface area contributed by atoms with Gasteiger partial charge in [-0.2, -0.15) is 5.53 Å². The monoisotopic (exact) mass is 482 g/mol. The van der Waals surface area contributed by atoms with Crippen LogP contribution in [0.5, 0.6) is 0 Å². The minimum absolute atomic E-state index is 0.105. The van der Waals surface area contributed by atoms with Crippen LogP contribution in [-0.2, 0) is 16.1 Å². The Hall–Kier alpha value is -1.65. The van der Waals surface area contributed by atoms with Crippen LogP contribution in [0.2, 0.25) is 10.2 Å². The number of hydrazine groups is 2. The molecule has 1 aliphatic carbocycles. The van der Waals surface area contributed by atoms with Crippen LogP contribution in [0.1, 0.15) is 37.7 Å². The highest BCUT2D eigenvalue weighted by molar-refractivity contribution is 6.41. The predicted octanol–water partition coefficient (Wildman–Crippen LogP) is 2.10. The number of hydrogen-bond donors (Lipinski definition) is 3. The van der Waals surface area contributed by atoms with Gasteiger partial charge in [-0.1, -0.05) is 23.2 Å². The number of amides is 2. The molecule has 1 aromatic rings. The Morgan fingerprint density at radius 2 is 1.88 bits per heavy atom. The number of carbonyl (C=O) groups excluding carboxylic acids is 2. The van der Waals surface area contributed by atoms with E-state index in [0.717, 1.165) is 45.2 Å². The summed E-state index contributed by atoms with van der Waals surface area (Å²) in [5.41, 5.74) is 10.3. The quantitative estimate of drug-likeness (QED) is 0.567. The van der Waals surface area contributed by atoms with Crippen LogP contribution in [-0.4, -0.2) is 65.0 Å². The minimum Gasteiger partial charge on any atom is -0.444 e. The first-order chi connectivity index (χ1) is 15.4. The van der Waals surface area contributed by atoms with Gasteiger partial charge in [-0.15, -0.1) is 0 Å². The molecular formula is C21H28Cl2N6O3. The summed E-state index contributed by atoms with van der Waals surface area (Å²) in [7, 11) is 0. The number of fused-ring (bicyclic) bond motifs is 1. The van der Waals surface area contributed by atoms with Gasteiger partial charge >= 0.3 is 6.09 Å². The lowest BCUT2D eigenvalue weighted by Crippen LogP contribution is -2.63. The Balaban J connectivity index is 1.06. The van der Waals surface area contributed by atoms with Crippen molar-refractivity contribution in [3.63, 3.8) is 0 Å². The summed E-state index contributed by atoms with van der Waals surface area (Å²) in [4.78, 5) is 33.2. The zero-order valence-electron chi connectivity index (χ0n) is 17.8. The first kappa shape index (κ1) is 22.2. The van der Waals surface area contributed by atoms with E-state index in [-0.39, 0.29) is 29.2 Å². The molecule has 1 aromatic heterocycles. The molecule has 174 valence electrons. The van der Waals surface area contributed by atoms with E-state index in [1.54, 1.807) is 17.2 Å². The number of pyridine rings is 1. The molecule has 0 aromatic carbocycles. The van der Waals surface area contributed by atoms with Crippen LogP contribution in [0.4, 0.5) is 4.79 Å². The van der Waals surface area contributed by atoms with Crippen LogP contribution in [0.3, 0.4) is 0 Å². The van der Waals surface area contributed by atoms with Crippen molar-refractivity contribution in [2.75, 3.05) is 26.2 Å². The molecule has 3 unspecified atom stereocenters. The van der Waals surface area contributed by atoms with Crippen LogP contribution < -0.4 is 16.4 Å². The second-order valence-electron chi connectivity index (χ2n) is 9.49. The van der Waals surface area contributed by atoms with Crippen molar-refractivity contribution in [2.24, 2.45) is 11.3 Å². The molecule has 2 amide bonds. The number of rotatable bonds is 3. The Labute approximate surface area is 197 Å². The van der Waals surface area contributed by atoms with Gasteiger partial charge in [-0.05, 0) is 38.2 Å². The van der Waals surface area contributed by atoms with Crippen LogP contribution in [0.25, 0.3) is 0 Å². The molecule has 9 nitrogen and oxygen atoms in total. The Bertz CT molecular complexity index is 886. The predicted molar refractivity (Wildman–Crippen MR) is 119 cm³/mol. The molecule has 3 atom stereocenters. The number of aromatic nitrogens is 1. The van der Waals surface area contributed by atoms with Gasteiger partial charge in [-0.3, -0.25) is 4.79 Å². The second-order valence-corrected chi connectivity index (χ2v) is 10.3. The molecule has 4 fully saturated rings. The van der Waals surface area contributed by atoms with E-state index in [2.05, 4.69) is 21.4 Å². The van der Waals surface area contributed by atoms with Crippen LogP contribution >= 0.6 is 23.2 Å². The lowest BCUT2D eigenvalue weighted by atomic mass is 9.71. The fraction of sp³-hybridized carbons (Fsp3) is 0.667. The summed E-state index contributed by atoms with van der Waals surface area (Å²) in [6.07, 6.45) is 5.83. The third-order valence-electron chi connectivity index (χ3n) is 7.38. The largest absolute Gasteiger partial charge is 0.444 e.